The van der Waals surface area contributed by atoms with Crippen molar-refractivity contribution >= 4 is 58.7 Å². The van der Waals surface area contributed by atoms with Crippen LogP contribution in [0.25, 0.3) is 6.08 Å². The van der Waals surface area contributed by atoms with Gasteiger partial charge in [0.05, 0.1) is 5.75 Å². The van der Waals surface area contributed by atoms with Crippen molar-refractivity contribution in [2.24, 2.45) is 0 Å². The van der Waals surface area contributed by atoms with Gasteiger partial charge in [-0.15, -0.1) is 0 Å². The number of benzene rings is 2. The Morgan fingerprint density at radius 2 is 1.69 bits per heavy atom. The minimum absolute atomic E-state index is 0.0150. The molecule has 1 aromatic heterocycles. The molecule has 0 spiro atoms. The van der Waals surface area contributed by atoms with Crippen LogP contribution in [-0.2, 0) is 4.79 Å². The number of anilines is 1. The van der Waals surface area contributed by atoms with Gasteiger partial charge in [-0.3, -0.25) is 14.5 Å². The summed E-state index contributed by atoms with van der Waals surface area (Å²) in [4.78, 5) is 43.3. The third kappa shape index (κ3) is 8.04. The molecule has 5 rings (SSSR count). The molecule has 220 valence electrons. The number of amides is 2. The molecule has 2 fully saturated rings. The molecule has 0 aliphatic carbocycles. The fourth-order valence-electron chi connectivity index (χ4n) is 5.14. The lowest BCUT2D eigenvalue weighted by Gasteiger charge is -2.40. The van der Waals surface area contributed by atoms with Crippen molar-refractivity contribution in [2.45, 2.75) is 18.1 Å². The summed E-state index contributed by atoms with van der Waals surface area (Å²) in [5, 5.41) is 1.41. The molecule has 0 N–H and O–H groups in total. The van der Waals surface area contributed by atoms with Crippen molar-refractivity contribution in [1.82, 2.24) is 24.7 Å². The van der Waals surface area contributed by atoms with Crippen molar-refractivity contribution in [3.05, 3.63) is 88.0 Å². The van der Waals surface area contributed by atoms with Gasteiger partial charge in [0.2, 0.25) is 5.91 Å². The van der Waals surface area contributed by atoms with E-state index in [2.05, 4.69) is 39.1 Å². The molecule has 1 atom stereocenters. The van der Waals surface area contributed by atoms with E-state index in [0.29, 0.717) is 59.4 Å². The summed E-state index contributed by atoms with van der Waals surface area (Å²) in [5.74, 6) is 1.02. The Kier molecular flexibility index (Phi) is 10.4. The van der Waals surface area contributed by atoms with Gasteiger partial charge in [-0.1, -0.05) is 77.4 Å². The van der Waals surface area contributed by atoms with E-state index in [1.165, 1.54) is 17.3 Å². The maximum absolute atomic E-state index is 13.0. The Hall–Kier alpha value is -3.11. The van der Waals surface area contributed by atoms with Gasteiger partial charge in [-0.25, -0.2) is 9.97 Å². The van der Waals surface area contributed by atoms with Gasteiger partial charge in [-0.2, -0.15) is 0 Å². The topological polar surface area (TPSA) is 72.9 Å². The molecule has 0 saturated carbocycles. The number of aromatic nitrogens is 2. The van der Waals surface area contributed by atoms with Crippen molar-refractivity contribution < 1.29 is 9.59 Å². The van der Waals surface area contributed by atoms with Gasteiger partial charge in [0.15, 0.2) is 5.16 Å². The molecule has 2 saturated heterocycles. The number of piperazine rings is 2. The number of hydrogen-bond donors (Lipinski definition) is 0. The van der Waals surface area contributed by atoms with Crippen LogP contribution in [0.4, 0.5) is 5.82 Å². The number of thioether (sulfide) groups is 1. The zero-order valence-electron chi connectivity index (χ0n) is 23.5. The molecule has 3 aromatic rings. The number of carbonyl (C=O) groups is 2. The summed E-state index contributed by atoms with van der Waals surface area (Å²) in [6, 6.07) is 18.9. The number of halogens is 2. The highest BCUT2D eigenvalue weighted by Crippen LogP contribution is 2.25. The third-order valence-electron chi connectivity index (χ3n) is 7.49. The number of rotatable bonds is 8. The maximum Gasteiger partial charge on any atom is 0.254 e. The zero-order chi connectivity index (χ0) is 29.5. The number of nitrogens with zero attached hydrogens (tertiary/aromatic N) is 6. The van der Waals surface area contributed by atoms with Crippen molar-refractivity contribution in [3.8, 4) is 0 Å². The first-order valence-electron chi connectivity index (χ1n) is 14.1. The molecule has 2 aromatic carbocycles. The normalized spacial score (nSPS) is 18.1. The standard InChI is InChI=1S/C31H34Cl2N6O2S/c1-23-21-38(18-19-39(23)30(41)25-9-11-26(32)12-10-25)28-20-27(33)34-31(35-28)42-22-29(40)37-16-14-36(15-17-37)13-5-8-24-6-3-2-4-7-24/h2-12,20,23H,13-19,21-22H2,1H3. The van der Waals surface area contributed by atoms with Crippen LogP contribution in [0, 0.1) is 0 Å². The lowest BCUT2D eigenvalue weighted by Crippen LogP contribution is -2.54. The molecule has 42 heavy (non-hydrogen) atoms. The van der Waals surface area contributed by atoms with Crippen molar-refractivity contribution in [3.63, 3.8) is 0 Å². The average molecular weight is 626 g/mol. The highest BCUT2D eigenvalue weighted by atomic mass is 35.5. The second-order valence-corrected chi connectivity index (χ2v) is 12.2. The Morgan fingerprint density at radius 1 is 0.952 bits per heavy atom. The second kappa shape index (κ2) is 14.4. The molecule has 2 amide bonds. The van der Waals surface area contributed by atoms with Gasteiger partial charge >= 0.3 is 0 Å². The van der Waals surface area contributed by atoms with Crippen LogP contribution in [-0.4, -0.2) is 101 Å². The van der Waals surface area contributed by atoms with Gasteiger partial charge < -0.3 is 14.7 Å². The largest absolute Gasteiger partial charge is 0.353 e. The molecule has 3 heterocycles. The molecule has 11 heteroatoms. The first-order chi connectivity index (χ1) is 20.4. The van der Waals surface area contributed by atoms with Gasteiger partial charge in [0.25, 0.3) is 5.91 Å². The molecular weight excluding hydrogens is 591 g/mol. The third-order valence-corrected chi connectivity index (χ3v) is 8.77. The van der Waals surface area contributed by atoms with E-state index in [0.717, 1.165) is 19.6 Å². The summed E-state index contributed by atoms with van der Waals surface area (Å²) >= 11 is 13.7. The van der Waals surface area contributed by atoms with Crippen molar-refractivity contribution in [2.75, 3.05) is 63.0 Å². The van der Waals surface area contributed by atoms with E-state index in [9.17, 15) is 9.59 Å². The number of carbonyl (C=O) groups excluding carboxylic acids is 2. The molecule has 0 radical (unpaired) electrons. The number of hydrogen-bond acceptors (Lipinski definition) is 7. The SMILES string of the molecule is CC1CN(c2cc(Cl)nc(SCC(=O)N3CCN(CC=Cc4ccccc4)CC3)n2)CCN1C(=O)c1ccc(Cl)cc1. The van der Waals surface area contributed by atoms with Crippen molar-refractivity contribution in [1.29, 1.82) is 0 Å². The van der Waals surface area contributed by atoms with Gasteiger partial charge in [0.1, 0.15) is 11.0 Å². The second-order valence-electron chi connectivity index (χ2n) is 10.4. The van der Waals surface area contributed by atoms with E-state index in [1.54, 1.807) is 30.3 Å². The first kappa shape index (κ1) is 30.4. The van der Waals surface area contributed by atoms with Crippen LogP contribution < -0.4 is 4.90 Å². The minimum atomic E-state index is -0.0270. The molecular formula is C31H34Cl2N6O2S. The summed E-state index contributed by atoms with van der Waals surface area (Å²) in [7, 11) is 0. The maximum atomic E-state index is 13.0. The average Bonchev–Trinajstić information content (AvgIpc) is 3.00. The molecule has 1 unspecified atom stereocenters. The van der Waals surface area contributed by atoms with Crippen LogP contribution >= 0.6 is 35.0 Å². The van der Waals surface area contributed by atoms with E-state index >= 15 is 0 Å². The smallest absolute Gasteiger partial charge is 0.254 e. The molecule has 2 aliphatic heterocycles. The lowest BCUT2D eigenvalue weighted by atomic mass is 10.1. The minimum Gasteiger partial charge on any atom is -0.353 e. The van der Waals surface area contributed by atoms with E-state index in [4.69, 9.17) is 28.2 Å². The Balaban J connectivity index is 1.10. The summed E-state index contributed by atoms with van der Waals surface area (Å²) in [5.41, 5.74) is 1.81. The van der Waals surface area contributed by atoms with Crippen LogP contribution in [0.1, 0.15) is 22.8 Å². The lowest BCUT2D eigenvalue weighted by molar-refractivity contribution is -0.130. The van der Waals surface area contributed by atoms with E-state index < -0.39 is 0 Å². The first-order valence-corrected chi connectivity index (χ1v) is 15.8. The van der Waals surface area contributed by atoms with Crippen LogP contribution in [0.3, 0.4) is 0 Å². The molecule has 2 aliphatic rings. The summed E-state index contributed by atoms with van der Waals surface area (Å²) < 4.78 is 0. The monoisotopic (exact) mass is 624 g/mol. The highest BCUT2D eigenvalue weighted by molar-refractivity contribution is 7.99. The Morgan fingerprint density at radius 3 is 2.40 bits per heavy atom. The predicted molar refractivity (Wildman–Crippen MR) is 170 cm³/mol. The quantitative estimate of drug-likeness (QED) is 0.196. The Labute approximate surface area is 261 Å². The molecule has 0 bridgehead atoms. The predicted octanol–water partition coefficient (Wildman–Crippen LogP) is 5.08. The van der Waals surface area contributed by atoms with Gasteiger partial charge in [0, 0.05) is 75.1 Å². The summed E-state index contributed by atoms with van der Waals surface area (Å²) in [6.07, 6.45) is 4.31. The Bertz CT molecular complexity index is 1400. The summed E-state index contributed by atoms with van der Waals surface area (Å²) in [6.45, 7) is 7.78. The van der Waals surface area contributed by atoms with Crippen LogP contribution in [0.5, 0.6) is 0 Å². The van der Waals surface area contributed by atoms with E-state index in [1.807, 2.05) is 34.9 Å². The van der Waals surface area contributed by atoms with Gasteiger partial charge in [-0.05, 0) is 36.8 Å². The molecule has 8 nitrogen and oxygen atoms in total. The fourth-order valence-corrected chi connectivity index (χ4v) is 6.25. The highest BCUT2D eigenvalue weighted by Gasteiger charge is 2.29. The zero-order valence-corrected chi connectivity index (χ0v) is 25.9. The van der Waals surface area contributed by atoms with Crippen LogP contribution in [0.2, 0.25) is 10.2 Å². The van der Waals surface area contributed by atoms with E-state index in [-0.39, 0.29) is 23.6 Å². The fraction of sp³-hybridized carbons (Fsp3) is 0.355. The van der Waals surface area contributed by atoms with Crippen LogP contribution in [0.15, 0.2) is 71.9 Å².